The highest BCUT2D eigenvalue weighted by Gasteiger charge is 2.20. The molecule has 1 heterocycles. The number of nitrogens with one attached hydrogen (secondary N) is 2. The van der Waals surface area contributed by atoms with Crippen molar-refractivity contribution in [2.45, 2.75) is 13.0 Å². The molecular formula is C18H16ClN3O4. The number of nitrogens with zero attached hydrogens (tertiary/aromatic N) is 1. The summed E-state index contributed by atoms with van der Waals surface area (Å²) in [5.74, 6) is 0.230. The summed E-state index contributed by atoms with van der Waals surface area (Å²) >= 11 is 5.98. The van der Waals surface area contributed by atoms with E-state index in [0.717, 1.165) is 5.39 Å². The molecule has 0 saturated heterocycles. The fourth-order valence-corrected chi connectivity index (χ4v) is 2.82. The molecule has 0 fully saturated rings. The zero-order chi connectivity index (χ0) is 18.8. The Morgan fingerprint density at radius 1 is 1.23 bits per heavy atom. The van der Waals surface area contributed by atoms with Crippen LogP contribution >= 0.6 is 11.6 Å². The van der Waals surface area contributed by atoms with Crippen molar-refractivity contribution in [3.63, 3.8) is 0 Å². The van der Waals surface area contributed by atoms with Gasteiger partial charge in [0.05, 0.1) is 11.0 Å². The predicted molar refractivity (Wildman–Crippen MR) is 99.7 cm³/mol. The molecule has 0 aliphatic rings. The maximum atomic E-state index is 11.7. The van der Waals surface area contributed by atoms with Crippen LogP contribution in [0.25, 0.3) is 11.0 Å². The Hall–Kier alpha value is -3.06. The molecule has 1 atom stereocenters. The van der Waals surface area contributed by atoms with E-state index in [4.69, 9.17) is 16.0 Å². The highest BCUT2D eigenvalue weighted by Crippen LogP contribution is 2.32. The number of nitro groups is 1. The van der Waals surface area contributed by atoms with Crippen molar-refractivity contribution in [3.8, 4) is 0 Å². The molecule has 2 N–H and O–H groups in total. The smallest absolute Gasteiger partial charge is 0.293 e. The molecule has 134 valence electrons. The van der Waals surface area contributed by atoms with Gasteiger partial charge in [0.2, 0.25) is 0 Å². The van der Waals surface area contributed by atoms with Crippen molar-refractivity contribution in [3.05, 3.63) is 68.9 Å². The van der Waals surface area contributed by atoms with Gasteiger partial charge in [-0.25, -0.2) is 0 Å². The van der Waals surface area contributed by atoms with Gasteiger partial charge in [0.1, 0.15) is 17.0 Å². The van der Waals surface area contributed by atoms with E-state index in [1.54, 1.807) is 18.2 Å². The van der Waals surface area contributed by atoms with Gasteiger partial charge in [-0.2, -0.15) is 0 Å². The average molecular weight is 374 g/mol. The molecule has 1 unspecified atom stereocenters. The summed E-state index contributed by atoms with van der Waals surface area (Å²) in [6.07, 6.45) is 0. The third-order valence-electron chi connectivity index (χ3n) is 3.98. The SMILES string of the molecule is CNC(=O)c1ccc(NC(C)c2cc3cc(Cl)ccc3o2)c([N+](=O)[O-])c1. The maximum Gasteiger partial charge on any atom is 0.293 e. The quantitative estimate of drug-likeness (QED) is 0.506. The Morgan fingerprint density at radius 3 is 2.69 bits per heavy atom. The number of furan rings is 1. The van der Waals surface area contributed by atoms with E-state index in [-0.39, 0.29) is 23.2 Å². The summed E-state index contributed by atoms with van der Waals surface area (Å²) in [4.78, 5) is 22.5. The van der Waals surface area contributed by atoms with Gasteiger partial charge in [-0.3, -0.25) is 14.9 Å². The van der Waals surface area contributed by atoms with Crippen molar-refractivity contribution in [1.29, 1.82) is 0 Å². The first-order chi connectivity index (χ1) is 12.4. The zero-order valence-corrected chi connectivity index (χ0v) is 14.8. The van der Waals surface area contributed by atoms with Crippen LogP contribution in [0, 0.1) is 10.1 Å². The lowest BCUT2D eigenvalue weighted by Gasteiger charge is -2.13. The second-order valence-electron chi connectivity index (χ2n) is 5.77. The number of fused-ring (bicyclic) bond motifs is 1. The molecule has 3 rings (SSSR count). The number of carbonyl (C=O) groups is 1. The highest BCUT2D eigenvalue weighted by atomic mass is 35.5. The fourth-order valence-electron chi connectivity index (χ4n) is 2.64. The van der Waals surface area contributed by atoms with Crippen molar-refractivity contribution in [2.24, 2.45) is 0 Å². The van der Waals surface area contributed by atoms with Crippen LogP contribution in [-0.2, 0) is 0 Å². The largest absolute Gasteiger partial charge is 0.459 e. The molecule has 0 aliphatic carbocycles. The van der Waals surface area contributed by atoms with E-state index in [2.05, 4.69) is 10.6 Å². The topological polar surface area (TPSA) is 97.4 Å². The van der Waals surface area contributed by atoms with Crippen LogP contribution in [0.3, 0.4) is 0 Å². The number of anilines is 1. The summed E-state index contributed by atoms with van der Waals surface area (Å²) in [7, 11) is 1.47. The standard InChI is InChI=1S/C18H16ClN3O4/c1-10(17-9-12-7-13(19)4-6-16(12)26-17)21-14-5-3-11(18(23)20-2)8-15(14)22(24)25/h3-10,21H,1-2H3,(H,20,23). The lowest BCUT2D eigenvalue weighted by molar-refractivity contribution is -0.384. The Bertz CT molecular complexity index is 999. The first-order valence-electron chi connectivity index (χ1n) is 7.85. The van der Waals surface area contributed by atoms with E-state index in [9.17, 15) is 14.9 Å². The Labute approximate surface area is 154 Å². The van der Waals surface area contributed by atoms with E-state index < -0.39 is 4.92 Å². The number of benzene rings is 2. The summed E-state index contributed by atoms with van der Waals surface area (Å²) in [5.41, 5.74) is 1.02. The van der Waals surface area contributed by atoms with Crippen molar-refractivity contribution >= 4 is 39.9 Å². The van der Waals surface area contributed by atoms with Gasteiger partial charge in [0.25, 0.3) is 11.6 Å². The molecule has 8 heteroatoms. The van der Waals surface area contributed by atoms with Crippen molar-refractivity contribution in [2.75, 3.05) is 12.4 Å². The third kappa shape index (κ3) is 3.48. The minimum Gasteiger partial charge on any atom is -0.459 e. The second-order valence-corrected chi connectivity index (χ2v) is 6.20. The van der Waals surface area contributed by atoms with Crippen LogP contribution in [0.4, 0.5) is 11.4 Å². The lowest BCUT2D eigenvalue weighted by atomic mass is 10.1. The monoisotopic (exact) mass is 373 g/mol. The van der Waals surface area contributed by atoms with Crippen LogP contribution in [0.15, 0.2) is 46.9 Å². The van der Waals surface area contributed by atoms with Gasteiger partial charge >= 0.3 is 0 Å². The summed E-state index contributed by atoms with van der Waals surface area (Å²) in [5, 5.41) is 18.3. The first kappa shape index (κ1) is 17.8. The molecule has 0 bridgehead atoms. The molecular weight excluding hydrogens is 358 g/mol. The minimum atomic E-state index is -0.528. The maximum absolute atomic E-state index is 11.7. The number of hydrogen-bond acceptors (Lipinski definition) is 5. The normalized spacial score (nSPS) is 12.0. The molecule has 2 aromatic carbocycles. The van der Waals surface area contributed by atoms with E-state index in [1.165, 1.54) is 25.2 Å². The lowest BCUT2D eigenvalue weighted by Crippen LogP contribution is -2.18. The summed E-state index contributed by atoms with van der Waals surface area (Å²) in [6, 6.07) is 11.1. The number of carbonyl (C=O) groups excluding carboxylic acids is 1. The number of rotatable bonds is 5. The molecule has 1 amide bonds. The number of nitro benzene ring substituents is 1. The van der Waals surface area contributed by atoms with Gasteiger partial charge in [-0.1, -0.05) is 11.6 Å². The molecule has 0 radical (unpaired) electrons. The molecule has 3 aromatic rings. The predicted octanol–water partition coefficient (Wildman–Crippen LogP) is 4.53. The average Bonchev–Trinajstić information content (AvgIpc) is 3.04. The molecule has 0 spiro atoms. The van der Waals surface area contributed by atoms with Gasteiger partial charge < -0.3 is 15.1 Å². The van der Waals surface area contributed by atoms with Gasteiger partial charge in [0.15, 0.2) is 0 Å². The van der Waals surface area contributed by atoms with E-state index in [1.807, 2.05) is 13.0 Å². The van der Waals surface area contributed by atoms with Crippen LogP contribution in [0.5, 0.6) is 0 Å². The number of halogens is 1. The summed E-state index contributed by atoms with van der Waals surface area (Å²) < 4.78 is 5.78. The van der Waals surface area contributed by atoms with Crippen molar-refractivity contribution in [1.82, 2.24) is 5.32 Å². The van der Waals surface area contributed by atoms with Crippen LogP contribution < -0.4 is 10.6 Å². The van der Waals surface area contributed by atoms with Crippen LogP contribution in [-0.4, -0.2) is 17.9 Å². The highest BCUT2D eigenvalue weighted by molar-refractivity contribution is 6.31. The fraction of sp³-hybridized carbons (Fsp3) is 0.167. The van der Waals surface area contributed by atoms with Gasteiger partial charge in [0, 0.05) is 29.1 Å². The second kappa shape index (κ2) is 7.05. The van der Waals surface area contributed by atoms with Crippen LogP contribution in [0.2, 0.25) is 5.02 Å². The van der Waals surface area contributed by atoms with Gasteiger partial charge in [-0.05, 0) is 43.3 Å². The Morgan fingerprint density at radius 2 is 2.00 bits per heavy atom. The molecule has 26 heavy (non-hydrogen) atoms. The Kier molecular flexibility index (Phi) is 4.81. The molecule has 1 aromatic heterocycles. The van der Waals surface area contributed by atoms with E-state index in [0.29, 0.717) is 22.1 Å². The number of hydrogen-bond donors (Lipinski definition) is 2. The first-order valence-corrected chi connectivity index (χ1v) is 8.23. The molecule has 7 nitrogen and oxygen atoms in total. The van der Waals surface area contributed by atoms with E-state index >= 15 is 0 Å². The zero-order valence-electron chi connectivity index (χ0n) is 14.1. The third-order valence-corrected chi connectivity index (χ3v) is 4.21. The summed E-state index contributed by atoms with van der Waals surface area (Å²) in [6.45, 7) is 1.83. The molecule has 0 aliphatic heterocycles. The Balaban J connectivity index is 1.91. The minimum absolute atomic E-state index is 0.183. The van der Waals surface area contributed by atoms with Crippen LogP contribution in [0.1, 0.15) is 29.1 Å². The van der Waals surface area contributed by atoms with Gasteiger partial charge in [-0.15, -0.1) is 0 Å². The molecule has 0 saturated carbocycles. The number of amides is 1. The van der Waals surface area contributed by atoms with Crippen molar-refractivity contribution < 1.29 is 14.1 Å².